The van der Waals surface area contributed by atoms with Gasteiger partial charge in [-0.2, -0.15) is 0 Å². The molecule has 1 fully saturated rings. The molecule has 2 aromatic heterocycles. The molecule has 1 N–H and O–H groups in total. The molecule has 1 amide bonds. The second-order valence-corrected chi connectivity index (χ2v) is 8.18. The first kappa shape index (κ1) is 21.4. The van der Waals surface area contributed by atoms with Crippen molar-refractivity contribution in [2.75, 3.05) is 32.8 Å². The summed E-state index contributed by atoms with van der Waals surface area (Å²) in [5, 5.41) is 3.15. The predicted octanol–water partition coefficient (Wildman–Crippen LogP) is 3.86. The van der Waals surface area contributed by atoms with Crippen molar-refractivity contribution in [3.05, 3.63) is 82.6 Å². The fourth-order valence-corrected chi connectivity index (χ4v) is 4.26. The largest absolute Gasteiger partial charge is 0.465 e. The molecule has 1 aromatic carbocycles. The molecule has 164 valence electrons. The number of furan rings is 1. The highest BCUT2D eigenvalue weighted by molar-refractivity contribution is 5.95. The van der Waals surface area contributed by atoms with E-state index in [1.54, 1.807) is 0 Å². The van der Waals surface area contributed by atoms with Crippen LogP contribution in [0.15, 0.2) is 52.9 Å². The van der Waals surface area contributed by atoms with E-state index >= 15 is 0 Å². The normalized spacial score (nSPS) is 15.7. The molecule has 3 aromatic rings. The lowest BCUT2D eigenvalue weighted by atomic mass is 10.1. The van der Waals surface area contributed by atoms with E-state index in [2.05, 4.69) is 33.8 Å². The average molecular weight is 422 g/mol. The first-order chi connectivity index (χ1) is 15.0. The zero-order valence-corrected chi connectivity index (χ0v) is 18.6. The van der Waals surface area contributed by atoms with Gasteiger partial charge in [-0.25, -0.2) is 0 Å². The van der Waals surface area contributed by atoms with Crippen molar-refractivity contribution < 1.29 is 13.9 Å². The summed E-state index contributed by atoms with van der Waals surface area (Å²) >= 11 is 0. The molecule has 1 aliphatic heterocycles. The number of carbonyl (C=O) groups is 1. The molecule has 31 heavy (non-hydrogen) atoms. The number of benzene rings is 1. The van der Waals surface area contributed by atoms with Gasteiger partial charge in [-0.1, -0.05) is 30.3 Å². The van der Waals surface area contributed by atoms with Crippen molar-refractivity contribution in [2.24, 2.45) is 0 Å². The zero-order valence-electron chi connectivity index (χ0n) is 18.6. The molecule has 1 saturated heterocycles. The van der Waals surface area contributed by atoms with E-state index in [0.717, 1.165) is 48.1 Å². The van der Waals surface area contributed by atoms with E-state index in [1.165, 1.54) is 5.56 Å². The molecule has 3 heterocycles. The van der Waals surface area contributed by atoms with E-state index in [-0.39, 0.29) is 11.9 Å². The van der Waals surface area contributed by atoms with Crippen LogP contribution in [0.5, 0.6) is 0 Å². The van der Waals surface area contributed by atoms with Gasteiger partial charge in [-0.15, -0.1) is 0 Å². The number of hydrogen-bond donors (Lipinski definition) is 1. The second kappa shape index (κ2) is 9.54. The van der Waals surface area contributed by atoms with Gasteiger partial charge in [-0.05, 0) is 44.5 Å². The standard InChI is InChI=1S/C25H31N3O3/c1-18-15-22(20(3)28(18)17-21-7-5-4-6-8-21)25(29)26-16-23(24-10-9-19(2)31-24)27-11-13-30-14-12-27/h4-10,15,23H,11-14,16-17H2,1-3H3,(H,26,29). The maximum atomic E-state index is 13.1. The molecule has 1 unspecified atom stereocenters. The number of carbonyl (C=O) groups excluding carboxylic acids is 1. The van der Waals surface area contributed by atoms with Crippen molar-refractivity contribution in [1.82, 2.24) is 14.8 Å². The van der Waals surface area contributed by atoms with Crippen LogP contribution in [0.3, 0.4) is 0 Å². The Balaban J connectivity index is 1.48. The summed E-state index contributed by atoms with van der Waals surface area (Å²) in [6, 6.07) is 16.3. The Morgan fingerprint density at radius 3 is 2.48 bits per heavy atom. The molecule has 1 aliphatic rings. The third kappa shape index (κ3) is 4.92. The Hall–Kier alpha value is -2.83. The molecule has 0 aliphatic carbocycles. The van der Waals surface area contributed by atoms with Crippen LogP contribution in [0.2, 0.25) is 0 Å². The number of nitrogens with one attached hydrogen (secondary N) is 1. The lowest BCUT2D eigenvalue weighted by Gasteiger charge is -2.33. The summed E-state index contributed by atoms with van der Waals surface area (Å²) in [6.07, 6.45) is 0. The monoisotopic (exact) mass is 421 g/mol. The summed E-state index contributed by atoms with van der Waals surface area (Å²) in [6.45, 7) is 10.3. The Morgan fingerprint density at radius 1 is 1.06 bits per heavy atom. The van der Waals surface area contributed by atoms with Crippen LogP contribution in [0.25, 0.3) is 0 Å². The molecular weight excluding hydrogens is 390 g/mol. The molecule has 6 heteroatoms. The van der Waals surface area contributed by atoms with Crippen LogP contribution in [0.4, 0.5) is 0 Å². The van der Waals surface area contributed by atoms with E-state index in [1.807, 2.05) is 50.2 Å². The van der Waals surface area contributed by atoms with Gasteiger partial charge in [0, 0.05) is 37.6 Å². The van der Waals surface area contributed by atoms with Gasteiger partial charge in [-0.3, -0.25) is 9.69 Å². The lowest BCUT2D eigenvalue weighted by molar-refractivity contribution is 0.0117. The van der Waals surface area contributed by atoms with Gasteiger partial charge in [0.2, 0.25) is 0 Å². The van der Waals surface area contributed by atoms with Crippen molar-refractivity contribution in [3.63, 3.8) is 0 Å². The minimum absolute atomic E-state index is 0.00522. The van der Waals surface area contributed by atoms with Crippen molar-refractivity contribution in [2.45, 2.75) is 33.4 Å². The molecule has 0 saturated carbocycles. The van der Waals surface area contributed by atoms with Crippen LogP contribution in [-0.2, 0) is 11.3 Å². The number of hydrogen-bond acceptors (Lipinski definition) is 4. The van der Waals surface area contributed by atoms with E-state index in [4.69, 9.17) is 9.15 Å². The first-order valence-electron chi connectivity index (χ1n) is 10.9. The Bertz CT molecular complexity index is 1020. The predicted molar refractivity (Wildman–Crippen MR) is 120 cm³/mol. The summed E-state index contributed by atoms with van der Waals surface area (Å²) in [7, 11) is 0. The quantitative estimate of drug-likeness (QED) is 0.629. The van der Waals surface area contributed by atoms with Crippen LogP contribution in [0, 0.1) is 20.8 Å². The number of amides is 1. The smallest absolute Gasteiger partial charge is 0.253 e. The molecule has 6 nitrogen and oxygen atoms in total. The summed E-state index contributed by atoms with van der Waals surface area (Å²) < 4.78 is 13.6. The highest BCUT2D eigenvalue weighted by atomic mass is 16.5. The van der Waals surface area contributed by atoms with Crippen LogP contribution < -0.4 is 5.32 Å². The van der Waals surface area contributed by atoms with Gasteiger partial charge < -0.3 is 19.0 Å². The third-order valence-corrected chi connectivity index (χ3v) is 6.03. The minimum Gasteiger partial charge on any atom is -0.465 e. The average Bonchev–Trinajstić information content (AvgIpc) is 3.33. The first-order valence-corrected chi connectivity index (χ1v) is 10.9. The highest BCUT2D eigenvalue weighted by Crippen LogP contribution is 2.24. The van der Waals surface area contributed by atoms with Crippen molar-refractivity contribution >= 4 is 5.91 Å². The fraction of sp³-hybridized carbons (Fsp3) is 0.400. The van der Waals surface area contributed by atoms with Crippen LogP contribution >= 0.6 is 0 Å². The fourth-order valence-electron chi connectivity index (χ4n) is 4.26. The van der Waals surface area contributed by atoms with Crippen molar-refractivity contribution in [3.8, 4) is 0 Å². The second-order valence-electron chi connectivity index (χ2n) is 8.18. The van der Waals surface area contributed by atoms with Crippen LogP contribution in [-0.4, -0.2) is 48.2 Å². The van der Waals surface area contributed by atoms with E-state index < -0.39 is 0 Å². The zero-order chi connectivity index (χ0) is 21.8. The Morgan fingerprint density at radius 2 is 1.81 bits per heavy atom. The van der Waals surface area contributed by atoms with Crippen molar-refractivity contribution in [1.29, 1.82) is 0 Å². The number of morpholine rings is 1. The molecule has 1 atom stereocenters. The van der Waals surface area contributed by atoms with Gasteiger partial charge in [0.25, 0.3) is 5.91 Å². The Kier molecular flexibility index (Phi) is 6.59. The van der Waals surface area contributed by atoms with Gasteiger partial charge >= 0.3 is 0 Å². The highest BCUT2D eigenvalue weighted by Gasteiger charge is 2.26. The third-order valence-electron chi connectivity index (χ3n) is 6.03. The number of rotatable bonds is 7. The summed E-state index contributed by atoms with van der Waals surface area (Å²) in [5.74, 6) is 1.72. The number of aromatic nitrogens is 1. The van der Waals surface area contributed by atoms with E-state index in [9.17, 15) is 4.79 Å². The van der Waals surface area contributed by atoms with E-state index in [0.29, 0.717) is 19.8 Å². The molecule has 0 bridgehead atoms. The Labute approximate surface area is 183 Å². The van der Waals surface area contributed by atoms with Gasteiger partial charge in [0.05, 0.1) is 24.8 Å². The molecule has 0 spiro atoms. The van der Waals surface area contributed by atoms with Crippen LogP contribution in [0.1, 0.15) is 44.9 Å². The number of aryl methyl sites for hydroxylation is 2. The summed E-state index contributed by atoms with van der Waals surface area (Å²) in [5.41, 5.74) is 4.01. The van der Waals surface area contributed by atoms with Gasteiger partial charge in [0.15, 0.2) is 0 Å². The lowest BCUT2D eigenvalue weighted by Crippen LogP contribution is -2.43. The SMILES string of the molecule is Cc1ccc(C(CNC(=O)c2cc(C)n(Cc3ccccc3)c2C)N2CCOCC2)o1. The number of ether oxygens (including phenoxy) is 1. The molecule has 0 radical (unpaired) electrons. The molecule has 4 rings (SSSR count). The maximum absolute atomic E-state index is 13.1. The molecular formula is C25H31N3O3. The maximum Gasteiger partial charge on any atom is 0.253 e. The summed E-state index contributed by atoms with van der Waals surface area (Å²) in [4.78, 5) is 15.4. The van der Waals surface area contributed by atoms with Gasteiger partial charge in [0.1, 0.15) is 11.5 Å². The minimum atomic E-state index is -0.0473. The number of nitrogens with zero attached hydrogens (tertiary/aromatic N) is 2. The topological polar surface area (TPSA) is 59.6 Å².